The van der Waals surface area contributed by atoms with Crippen molar-refractivity contribution in [3.8, 4) is 45.6 Å². The van der Waals surface area contributed by atoms with E-state index in [0.717, 1.165) is 55.1 Å². The van der Waals surface area contributed by atoms with Crippen LogP contribution in [0, 0.1) is 0 Å². The molecule has 0 fully saturated rings. The van der Waals surface area contributed by atoms with Gasteiger partial charge in [0, 0.05) is 51.4 Å². The molecule has 0 atom stereocenters. The van der Waals surface area contributed by atoms with Crippen LogP contribution in [0.4, 0.5) is 0 Å². The molecule has 8 nitrogen and oxygen atoms in total. The van der Waals surface area contributed by atoms with Crippen molar-refractivity contribution in [1.82, 2.24) is 39.5 Å². The summed E-state index contributed by atoms with van der Waals surface area (Å²) in [5.41, 5.74) is 10.9. The molecule has 7 aromatic rings. The Morgan fingerprint density at radius 1 is 0.379 bits per heavy atom. The van der Waals surface area contributed by atoms with Crippen LogP contribution in [-0.4, -0.2) is 34.5 Å². The normalized spacial score (nSPS) is 13.1. The second-order valence-electron chi connectivity index (χ2n) is 20.0. The molecular weight excluding hydrogens is 764 g/mol. The molecule has 298 valence electrons. The van der Waals surface area contributed by atoms with Crippen molar-refractivity contribution >= 4 is 44.1 Å². The molecule has 0 amide bonds. The maximum Gasteiger partial charge on any atom is 1.00 e. The summed E-state index contributed by atoms with van der Waals surface area (Å²) in [5.74, 6) is 2.38. The van der Waals surface area contributed by atoms with Crippen molar-refractivity contribution in [2.24, 2.45) is 7.05 Å². The molecule has 0 N–H and O–H groups in total. The minimum atomic E-state index is -0.0800. The van der Waals surface area contributed by atoms with Crippen LogP contribution < -0.4 is 4.98 Å². The molecule has 5 heterocycles. The van der Waals surface area contributed by atoms with Crippen LogP contribution in [-0.2, 0) is 45.8 Å². The third-order valence-corrected chi connectivity index (χ3v) is 11.6. The molecule has 0 saturated carbocycles. The summed E-state index contributed by atoms with van der Waals surface area (Å²) in [6.45, 7) is 26.8. The molecule has 0 saturated heterocycles. The number of hydrogen-bond acceptors (Lipinski definition) is 6. The van der Waals surface area contributed by atoms with E-state index >= 15 is 0 Å². The van der Waals surface area contributed by atoms with Gasteiger partial charge in [-0.2, -0.15) is 0 Å². The van der Waals surface area contributed by atoms with Gasteiger partial charge in [0.1, 0.15) is 11.3 Å². The van der Waals surface area contributed by atoms with Crippen molar-refractivity contribution in [3.63, 3.8) is 0 Å². The van der Waals surface area contributed by atoms with Crippen molar-refractivity contribution < 1.29 is 17.1 Å². The Balaban J connectivity index is 0.00000469. The first kappa shape index (κ1) is 39.6. The minimum Gasteiger partial charge on any atom is -0.357 e. The molecule has 58 heavy (non-hydrogen) atoms. The molecule has 3 aromatic heterocycles. The van der Waals surface area contributed by atoms with Gasteiger partial charge >= 0.3 is 17.1 Å². The first-order valence-electron chi connectivity index (χ1n) is 20.0. The summed E-state index contributed by atoms with van der Waals surface area (Å²) < 4.78 is 2.08. The second-order valence-corrected chi connectivity index (χ2v) is 20.0. The van der Waals surface area contributed by atoms with E-state index in [2.05, 4.69) is 160 Å². The third-order valence-electron chi connectivity index (χ3n) is 11.6. The molecule has 0 spiro atoms. The smallest absolute Gasteiger partial charge is 0.357 e. The molecule has 2 aliphatic rings. The second kappa shape index (κ2) is 13.1. The van der Waals surface area contributed by atoms with Gasteiger partial charge in [-0.1, -0.05) is 132 Å². The van der Waals surface area contributed by atoms with Gasteiger partial charge in [-0.3, -0.25) is 0 Å². The molecule has 0 radical (unpaired) electrons. The summed E-state index contributed by atoms with van der Waals surface area (Å²) in [4.78, 5) is 37.0. The van der Waals surface area contributed by atoms with E-state index in [4.69, 9.17) is 34.9 Å². The van der Waals surface area contributed by atoms with Crippen molar-refractivity contribution in [1.29, 1.82) is 0 Å². The van der Waals surface area contributed by atoms with Crippen molar-refractivity contribution in [3.05, 3.63) is 95.1 Å². The first-order valence-corrected chi connectivity index (χ1v) is 20.0. The molecule has 8 bridgehead atoms. The predicted octanol–water partition coefficient (Wildman–Crippen LogP) is 11.7. The van der Waals surface area contributed by atoms with Gasteiger partial charge in [-0.25, -0.2) is 19.9 Å². The number of benzene rings is 4. The topological polar surface area (TPSA) is 96.4 Å². The fraction of sp³-hybridized carbons (Fsp3) is 0.347. The summed E-state index contributed by atoms with van der Waals surface area (Å²) in [6.07, 6.45) is 0. The Morgan fingerprint density at radius 3 is 1.24 bits per heavy atom. The van der Waals surface area contributed by atoms with Crippen molar-refractivity contribution in [2.45, 2.75) is 105 Å². The molecule has 0 aliphatic carbocycles. The SMILES string of the molecule is Cn1c2nc3nc(nc4[n-]c(nc5nc(nc1c1cc(C(C)(C)C)ccc12)-c1ccc(C(C)(C)C)cc1-5)c1ccc(C(C)(C)C)cc41)-c1ccc(C(C)(C)C)cc1-3.[Cu+]. The third kappa shape index (κ3) is 6.53. The van der Waals surface area contributed by atoms with Gasteiger partial charge < -0.3 is 19.5 Å². The fourth-order valence-corrected chi connectivity index (χ4v) is 7.87. The van der Waals surface area contributed by atoms with Crippen LogP contribution >= 0.6 is 0 Å². The standard InChI is InChI=1S/C49H51N8.Cu/c1-46(2,3)26-14-18-30-34(22-26)41-50-38(30)51-42-35-23-27(47(4,5)6)16-20-32(35)40(54-42)55-45-37-25-29(49(10,11)12)17-21-33(37)44(57(45)13)56-43-36-24-28(48(7,8)9)15-19-31(36)39(52-41)53-43;/h14-25H,1-13H3;/q-1;+1. The minimum absolute atomic E-state index is 0. The Bertz CT molecular complexity index is 3010. The summed E-state index contributed by atoms with van der Waals surface area (Å²) in [7, 11) is 2.04. The van der Waals surface area contributed by atoms with Crippen LogP contribution in [0.2, 0.25) is 0 Å². The predicted molar refractivity (Wildman–Crippen MR) is 234 cm³/mol. The Morgan fingerprint density at radius 2 is 0.741 bits per heavy atom. The van der Waals surface area contributed by atoms with E-state index in [1.165, 1.54) is 22.3 Å². The zero-order chi connectivity index (χ0) is 40.6. The summed E-state index contributed by atoms with van der Waals surface area (Å²) in [5, 5.41) is 3.84. The quantitative estimate of drug-likeness (QED) is 0.141. The Labute approximate surface area is 351 Å². The van der Waals surface area contributed by atoms with Crippen LogP contribution in [0.15, 0.2) is 72.8 Å². The number of aromatic nitrogens is 8. The van der Waals surface area contributed by atoms with E-state index in [9.17, 15) is 0 Å². The van der Waals surface area contributed by atoms with Gasteiger partial charge in [0.05, 0.1) is 11.6 Å². The van der Waals surface area contributed by atoms with E-state index in [1.54, 1.807) is 0 Å². The average Bonchev–Trinajstić information content (AvgIpc) is 3.83. The number of hydrogen-bond donors (Lipinski definition) is 0. The van der Waals surface area contributed by atoms with Crippen LogP contribution in [0.1, 0.15) is 105 Å². The van der Waals surface area contributed by atoms with E-state index in [0.29, 0.717) is 34.6 Å². The van der Waals surface area contributed by atoms with E-state index in [1.807, 2.05) is 7.05 Å². The van der Waals surface area contributed by atoms with E-state index in [-0.39, 0.29) is 38.7 Å². The zero-order valence-electron chi connectivity index (χ0n) is 35.8. The molecule has 4 aromatic carbocycles. The average molecular weight is 816 g/mol. The molecular formula is C49H51CuN8. The zero-order valence-corrected chi connectivity index (χ0v) is 36.7. The van der Waals surface area contributed by atoms with Gasteiger partial charge in [0.15, 0.2) is 11.6 Å². The molecule has 0 unspecified atom stereocenters. The first-order chi connectivity index (χ1) is 26.6. The Kier molecular flexibility index (Phi) is 8.96. The largest absolute Gasteiger partial charge is 1.00 e. The van der Waals surface area contributed by atoms with E-state index < -0.39 is 0 Å². The van der Waals surface area contributed by atoms with Crippen LogP contribution in [0.25, 0.3) is 89.7 Å². The van der Waals surface area contributed by atoms with Crippen LogP contribution in [0.5, 0.6) is 0 Å². The maximum absolute atomic E-state index is 5.42. The molecule has 9 rings (SSSR count). The van der Waals surface area contributed by atoms with Crippen LogP contribution in [0.3, 0.4) is 0 Å². The number of rotatable bonds is 0. The van der Waals surface area contributed by atoms with Gasteiger partial charge in [-0.05, 0) is 79.0 Å². The summed E-state index contributed by atoms with van der Waals surface area (Å²) in [6, 6.07) is 26.3. The number of fused-ring (bicyclic) bond motifs is 20. The fourth-order valence-electron chi connectivity index (χ4n) is 7.87. The van der Waals surface area contributed by atoms with Gasteiger partial charge in [-0.15, -0.1) is 0 Å². The van der Waals surface area contributed by atoms with Crippen molar-refractivity contribution in [2.75, 3.05) is 0 Å². The Hall–Kier alpha value is -5.24. The van der Waals surface area contributed by atoms with Gasteiger partial charge in [0.2, 0.25) is 0 Å². The monoisotopic (exact) mass is 814 g/mol. The van der Waals surface area contributed by atoms with Gasteiger partial charge in [0.25, 0.3) is 0 Å². The number of aryl methyl sites for hydroxylation is 1. The molecule has 2 aliphatic heterocycles. The molecule has 9 heteroatoms. The maximum atomic E-state index is 5.42. The number of nitrogens with zero attached hydrogens (tertiary/aromatic N) is 8. The summed E-state index contributed by atoms with van der Waals surface area (Å²) >= 11 is 0.